The van der Waals surface area contributed by atoms with Crippen LogP contribution in [0.4, 0.5) is 11.4 Å². The van der Waals surface area contributed by atoms with Gasteiger partial charge in [-0.2, -0.15) is 0 Å². The molecule has 0 bridgehead atoms. The minimum atomic E-state index is -0.432. The standard InChI is InChI=1S/C22H22N4O2/c1-26(11-12-27)14-15-4-6-16(7-5-15)24-13-18-21-17-3-2-10-23-19(17)8-9-20(21)25-22(18)28/h2-10,13,18,27H,11-12,14H2,1H3,(H,25,28). The summed E-state index contributed by atoms with van der Waals surface area (Å²) in [7, 11) is 1.97. The van der Waals surface area contributed by atoms with Crippen LogP contribution in [0, 0.1) is 0 Å². The zero-order chi connectivity index (χ0) is 19.5. The first-order valence-corrected chi connectivity index (χ1v) is 9.27. The number of rotatable bonds is 6. The largest absolute Gasteiger partial charge is 0.395 e. The van der Waals surface area contributed by atoms with Crippen LogP contribution in [-0.2, 0) is 11.3 Å². The van der Waals surface area contributed by atoms with Crippen LogP contribution in [0.2, 0.25) is 0 Å². The summed E-state index contributed by atoms with van der Waals surface area (Å²) in [6.07, 6.45) is 3.46. The Bertz CT molecular complexity index is 1030. The summed E-state index contributed by atoms with van der Waals surface area (Å²) in [5.41, 5.74) is 4.57. The second kappa shape index (κ2) is 7.88. The molecule has 1 aromatic heterocycles. The number of aliphatic hydroxyl groups excluding tert-OH is 1. The van der Waals surface area contributed by atoms with Crippen molar-refractivity contribution < 1.29 is 9.90 Å². The number of carbonyl (C=O) groups excluding carboxylic acids is 1. The van der Waals surface area contributed by atoms with Crippen LogP contribution < -0.4 is 5.32 Å². The summed E-state index contributed by atoms with van der Waals surface area (Å²) in [4.78, 5) is 23.5. The van der Waals surface area contributed by atoms with E-state index in [0.29, 0.717) is 6.54 Å². The fraction of sp³-hybridized carbons (Fsp3) is 0.227. The van der Waals surface area contributed by atoms with Gasteiger partial charge in [0.05, 0.1) is 17.8 Å². The van der Waals surface area contributed by atoms with Crippen LogP contribution in [0.25, 0.3) is 10.9 Å². The number of benzene rings is 2. The molecule has 6 nitrogen and oxygen atoms in total. The van der Waals surface area contributed by atoms with E-state index in [1.54, 1.807) is 12.4 Å². The fourth-order valence-corrected chi connectivity index (χ4v) is 3.51. The fourth-order valence-electron chi connectivity index (χ4n) is 3.51. The highest BCUT2D eigenvalue weighted by molar-refractivity contribution is 6.16. The number of carbonyl (C=O) groups is 1. The van der Waals surface area contributed by atoms with Crippen molar-refractivity contribution in [2.75, 3.05) is 25.5 Å². The van der Waals surface area contributed by atoms with Gasteiger partial charge in [-0.3, -0.25) is 19.7 Å². The number of aliphatic imine (C=N–C) groups is 1. The summed E-state index contributed by atoms with van der Waals surface area (Å²) < 4.78 is 0. The van der Waals surface area contributed by atoms with Crippen LogP contribution in [0.15, 0.2) is 59.7 Å². The molecule has 3 aromatic rings. The van der Waals surface area contributed by atoms with E-state index in [1.807, 2.05) is 55.6 Å². The number of fused-ring (bicyclic) bond motifs is 3. The van der Waals surface area contributed by atoms with Gasteiger partial charge < -0.3 is 10.4 Å². The summed E-state index contributed by atoms with van der Waals surface area (Å²) >= 11 is 0. The highest BCUT2D eigenvalue weighted by Gasteiger charge is 2.31. The van der Waals surface area contributed by atoms with Crippen molar-refractivity contribution in [2.24, 2.45) is 4.99 Å². The smallest absolute Gasteiger partial charge is 0.237 e. The lowest BCUT2D eigenvalue weighted by atomic mass is 9.97. The Morgan fingerprint density at radius 3 is 2.82 bits per heavy atom. The quantitative estimate of drug-likeness (QED) is 0.650. The van der Waals surface area contributed by atoms with Crippen molar-refractivity contribution in [2.45, 2.75) is 12.5 Å². The molecule has 1 unspecified atom stereocenters. The molecule has 0 saturated carbocycles. The highest BCUT2D eigenvalue weighted by Crippen LogP contribution is 2.37. The molecule has 0 radical (unpaired) electrons. The van der Waals surface area contributed by atoms with Crippen LogP contribution in [0.3, 0.4) is 0 Å². The summed E-state index contributed by atoms with van der Waals surface area (Å²) in [5, 5.41) is 12.9. The summed E-state index contributed by atoms with van der Waals surface area (Å²) in [6.45, 7) is 1.55. The number of nitrogens with zero attached hydrogens (tertiary/aromatic N) is 3. The van der Waals surface area contributed by atoms with E-state index in [2.05, 4.69) is 20.2 Å². The predicted molar refractivity (Wildman–Crippen MR) is 111 cm³/mol. The van der Waals surface area contributed by atoms with E-state index in [1.165, 1.54) is 0 Å². The van der Waals surface area contributed by atoms with Crippen LogP contribution in [-0.4, -0.2) is 47.3 Å². The topological polar surface area (TPSA) is 77.8 Å². The monoisotopic (exact) mass is 374 g/mol. The first kappa shape index (κ1) is 18.3. The molecule has 6 heteroatoms. The summed E-state index contributed by atoms with van der Waals surface area (Å²) in [5.74, 6) is -0.504. The Balaban J connectivity index is 1.56. The van der Waals surface area contributed by atoms with Crippen molar-refractivity contribution in [3.05, 3.63) is 65.9 Å². The molecule has 0 saturated heterocycles. The SMILES string of the molecule is CN(CCO)Cc1ccc(N=CC2C(=O)Nc3ccc4ncccc4c32)cc1. The molecule has 0 spiro atoms. The van der Waals surface area contributed by atoms with Gasteiger partial charge in [0.15, 0.2) is 0 Å². The lowest BCUT2D eigenvalue weighted by Crippen LogP contribution is -2.21. The summed E-state index contributed by atoms with van der Waals surface area (Å²) in [6, 6.07) is 15.6. The number of nitrogens with one attached hydrogen (secondary N) is 1. The molecule has 0 aliphatic carbocycles. The van der Waals surface area contributed by atoms with Gasteiger partial charge in [0, 0.05) is 42.1 Å². The molecule has 1 atom stereocenters. The number of anilines is 1. The van der Waals surface area contributed by atoms with Crippen molar-refractivity contribution >= 4 is 34.4 Å². The van der Waals surface area contributed by atoms with Crippen molar-refractivity contribution in [3.8, 4) is 0 Å². The molecule has 142 valence electrons. The molecule has 2 aromatic carbocycles. The number of aromatic nitrogens is 1. The first-order valence-electron chi connectivity index (χ1n) is 9.27. The Morgan fingerprint density at radius 1 is 1.21 bits per heavy atom. The third-order valence-corrected chi connectivity index (χ3v) is 4.92. The third-order valence-electron chi connectivity index (χ3n) is 4.92. The minimum absolute atomic E-state index is 0.0719. The average Bonchev–Trinajstić information content (AvgIpc) is 3.03. The number of hydrogen-bond acceptors (Lipinski definition) is 5. The van der Waals surface area contributed by atoms with E-state index >= 15 is 0 Å². The molecule has 1 amide bonds. The molecule has 1 aliphatic rings. The van der Waals surface area contributed by atoms with Crippen molar-refractivity contribution in [1.82, 2.24) is 9.88 Å². The number of likely N-dealkylation sites (N-methyl/N-ethyl adjacent to an activating group) is 1. The zero-order valence-corrected chi connectivity index (χ0v) is 15.7. The maximum Gasteiger partial charge on any atom is 0.237 e. The molecule has 4 rings (SSSR count). The maximum atomic E-state index is 12.5. The third kappa shape index (κ3) is 3.65. The van der Waals surface area contributed by atoms with Crippen molar-refractivity contribution in [1.29, 1.82) is 0 Å². The Hall–Kier alpha value is -3.09. The van der Waals surface area contributed by atoms with E-state index < -0.39 is 5.92 Å². The Morgan fingerprint density at radius 2 is 2.04 bits per heavy atom. The molecular formula is C22H22N4O2. The first-order chi connectivity index (χ1) is 13.7. The zero-order valence-electron chi connectivity index (χ0n) is 15.7. The lowest BCUT2D eigenvalue weighted by molar-refractivity contribution is -0.115. The van der Waals surface area contributed by atoms with E-state index in [4.69, 9.17) is 5.11 Å². The Labute approximate surface area is 163 Å². The molecule has 1 aliphatic heterocycles. The van der Waals surface area contributed by atoms with Gasteiger partial charge in [0.1, 0.15) is 5.92 Å². The van der Waals surface area contributed by atoms with Gasteiger partial charge >= 0.3 is 0 Å². The maximum absolute atomic E-state index is 12.5. The number of aliphatic hydroxyl groups is 1. The van der Waals surface area contributed by atoms with E-state index in [-0.39, 0.29) is 12.5 Å². The molecule has 2 heterocycles. The highest BCUT2D eigenvalue weighted by atomic mass is 16.3. The van der Waals surface area contributed by atoms with E-state index in [9.17, 15) is 4.79 Å². The second-order valence-electron chi connectivity index (χ2n) is 6.97. The van der Waals surface area contributed by atoms with Crippen LogP contribution in [0.5, 0.6) is 0 Å². The van der Waals surface area contributed by atoms with Crippen LogP contribution >= 0.6 is 0 Å². The van der Waals surface area contributed by atoms with Crippen molar-refractivity contribution in [3.63, 3.8) is 0 Å². The van der Waals surface area contributed by atoms with Gasteiger partial charge in [-0.15, -0.1) is 0 Å². The van der Waals surface area contributed by atoms with Gasteiger partial charge in [-0.1, -0.05) is 18.2 Å². The Kier molecular flexibility index (Phi) is 5.14. The normalized spacial score (nSPS) is 16.1. The molecular weight excluding hydrogens is 352 g/mol. The van der Waals surface area contributed by atoms with E-state index in [0.717, 1.165) is 39.9 Å². The minimum Gasteiger partial charge on any atom is -0.395 e. The number of hydrogen-bond donors (Lipinski definition) is 2. The average molecular weight is 374 g/mol. The van der Waals surface area contributed by atoms with Crippen LogP contribution in [0.1, 0.15) is 17.0 Å². The number of pyridine rings is 1. The number of amides is 1. The molecule has 0 fully saturated rings. The lowest BCUT2D eigenvalue weighted by Gasteiger charge is -2.14. The van der Waals surface area contributed by atoms with Gasteiger partial charge in [0.2, 0.25) is 5.91 Å². The molecule has 2 N–H and O–H groups in total. The predicted octanol–water partition coefficient (Wildman–Crippen LogP) is 3.10. The van der Waals surface area contributed by atoms with Gasteiger partial charge in [0.25, 0.3) is 0 Å². The molecule has 28 heavy (non-hydrogen) atoms. The van der Waals surface area contributed by atoms with Gasteiger partial charge in [-0.25, -0.2) is 0 Å². The second-order valence-corrected chi connectivity index (χ2v) is 6.97. The van der Waals surface area contributed by atoms with Gasteiger partial charge in [-0.05, 0) is 42.9 Å².